The van der Waals surface area contributed by atoms with Gasteiger partial charge < -0.3 is 10.2 Å². The number of sulfonamides is 1. The van der Waals surface area contributed by atoms with E-state index in [4.69, 9.17) is 0 Å². The van der Waals surface area contributed by atoms with Gasteiger partial charge in [-0.25, -0.2) is 12.8 Å². The molecule has 7 nitrogen and oxygen atoms in total. The van der Waals surface area contributed by atoms with Gasteiger partial charge in [-0.3, -0.25) is 13.9 Å². The molecule has 0 heterocycles. The Balaban J connectivity index is 2.42. The van der Waals surface area contributed by atoms with Gasteiger partial charge in [-0.1, -0.05) is 31.2 Å². The number of hydrogen-bond acceptors (Lipinski definition) is 4. The van der Waals surface area contributed by atoms with Gasteiger partial charge in [0, 0.05) is 12.6 Å². The van der Waals surface area contributed by atoms with Crippen molar-refractivity contribution in [1.29, 1.82) is 0 Å². The van der Waals surface area contributed by atoms with Crippen molar-refractivity contribution in [3.05, 3.63) is 65.0 Å². The standard InChI is InChI=1S/C25H34FN3O4S/c1-7-18(3)27-25(31)20(5)28(15-21-11-13-22(26)14-12-21)24(30)16-29(34(6,32)33)23-10-8-9-17(2)19(23)4/h8-14,18,20H,7,15-16H2,1-6H3,(H,27,31). The number of amides is 2. The van der Waals surface area contributed by atoms with Gasteiger partial charge in [0.05, 0.1) is 11.9 Å². The molecule has 0 saturated heterocycles. The van der Waals surface area contributed by atoms with Crippen LogP contribution in [0.1, 0.15) is 43.9 Å². The monoisotopic (exact) mass is 491 g/mol. The molecule has 0 aliphatic carbocycles. The summed E-state index contributed by atoms with van der Waals surface area (Å²) in [7, 11) is -3.80. The normalized spacial score (nSPS) is 13.1. The Morgan fingerprint density at radius 2 is 1.68 bits per heavy atom. The Kier molecular flexibility index (Phi) is 9.21. The van der Waals surface area contributed by atoms with Crippen LogP contribution in [0.15, 0.2) is 42.5 Å². The van der Waals surface area contributed by atoms with Crippen LogP contribution in [0.4, 0.5) is 10.1 Å². The zero-order chi connectivity index (χ0) is 25.6. The summed E-state index contributed by atoms with van der Waals surface area (Å²) < 4.78 is 39.8. The summed E-state index contributed by atoms with van der Waals surface area (Å²) in [5, 5.41) is 2.87. The van der Waals surface area contributed by atoms with Crippen LogP contribution in [0.3, 0.4) is 0 Å². The van der Waals surface area contributed by atoms with Gasteiger partial charge in [-0.15, -0.1) is 0 Å². The highest BCUT2D eigenvalue weighted by atomic mass is 32.2. The van der Waals surface area contributed by atoms with Crippen LogP contribution in [-0.2, 0) is 26.2 Å². The molecule has 2 unspecified atom stereocenters. The first-order valence-corrected chi connectivity index (χ1v) is 13.1. The average molecular weight is 492 g/mol. The molecule has 0 spiro atoms. The van der Waals surface area contributed by atoms with E-state index in [0.29, 0.717) is 11.3 Å². The summed E-state index contributed by atoms with van der Waals surface area (Å²) in [4.78, 5) is 27.7. The fourth-order valence-corrected chi connectivity index (χ4v) is 4.34. The van der Waals surface area contributed by atoms with Crippen molar-refractivity contribution in [1.82, 2.24) is 10.2 Å². The average Bonchev–Trinajstić information content (AvgIpc) is 2.77. The van der Waals surface area contributed by atoms with Crippen molar-refractivity contribution >= 4 is 27.5 Å². The van der Waals surface area contributed by atoms with E-state index in [1.165, 1.54) is 29.2 Å². The highest BCUT2D eigenvalue weighted by Crippen LogP contribution is 2.25. The molecule has 1 N–H and O–H groups in total. The van der Waals surface area contributed by atoms with E-state index in [2.05, 4.69) is 5.32 Å². The summed E-state index contributed by atoms with van der Waals surface area (Å²) >= 11 is 0. The van der Waals surface area contributed by atoms with Gasteiger partial charge in [0.2, 0.25) is 21.8 Å². The summed E-state index contributed by atoms with van der Waals surface area (Å²) in [5.74, 6) is -1.30. The van der Waals surface area contributed by atoms with Crippen LogP contribution in [0.5, 0.6) is 0 Å². The second-order valence-electron chi connectivity index (χ2n) is 8.63. The molecule has 2 aromatic carbocycles. The van der Waals surface area contributed by atoms with Crippen LogP contribution in [0.2, 0.25) is 0 Å². The van der Waals surface area contributed by atoms with E-state index in [0.717, 1.165) is 28.1 Å². The third-order valence-electron chi connectivity index (χ3n) is 5.96. The van der Waals surface area contributed by atoms with Gasteiger partial charge in [-0.05, 0) is 69.0 Å². The second kappa shape index (κ2) is 11.5. The number of nitrogens with one attached hydrogen (secondary N) is 1. The van der Waals surface area contributed by atoms with Crippen molar-refractivity contribution in [2.75, 3.05) is 17.1 Å². The van der Waals surface area contributed by atoms with Crippen LogP contribution < -0.4 is 9.62 Å². The molecular weight excluding hydrogens is 457 g/mol. The number of aryl methyl sites for hydroxylation is 1. The molecule has 0 radical (unpaired) electrons. The molecule has 2 aromatic rings. The maximum Gasteiger partial charge on any atom is 0.244 e. The minimum absolute atomic E-state index is 0.0264. The number of carbonyl (C=O) groups is 2. The van der Waals surface area contributed by atoms with Crippen molar-refractivity contribution in [2.24, 2.45) is 0 Å². The molecule has 0 fully saturated rings. The highest BCUT2D eigenvalue weighted by molar-refractivity contribution is 7.92. The Hall–Kier alpha value is -2.94. The fraction of sp³-hybridized carbons (Fsp3) is 0.440. The lowest BCUT2D eigenvalue weighted by molar-refractivity contribution is -0.139. The van der Waals surface area contributed by atoms with Crippen molar-refractivity contribution in [3.8, 4) is 0 Å². The molecule has 2 atom stereocenters. The minimum Gasteiger partial charge on any atom is -0.352 e. The summed E-state index contributed by atoms with van der Waals surface area (Å²) in [6.45, 7) is 8.62. The van der Waals surface area contributed by atoms with Crippen molar-refractivity contribution in [2.45, 2.75) is 59.7 Å². The quantitative estimate of drug-likeness (QED) is 0.551. The molecule has 2 rings (SSSR count). The number of rotatable bonds is 10. The maximum atomic E-state index is 13.5. The van der Waals surface area contributed by atoms with E-state index in [1.54, 1.807) is 26.0 Å². The molecule has 34 heavy (non-hydrogen) atoms. The predicted octanol–water partition coefficient (Wildman–Crippen LogP) is 3.54. The topological polar surface area (TPSA) is 86.8 Å². The Morgan fingerprint density at radius 1 is 1.06 bits per heavy atom. The third-order valence-corrected chi connectivity index (χ3v) is 7.08. The SMILES string of the molecule is CCC(C)NC(=O)C(C)N(Cc1ccc(F)cc1)C(=O)CN(c1cccc(C)c1C)S(C)(=O)=O. The number of anilines is 1. The van der Waals surface area contributed by atoms with E-state index in [-0.39, 0.29) is 18.5 Å². The molecule has 0 saturated carbocycles. The molecule has 9 heteroatoms. The predicted molar refractivity (Wildman–Crippen MR) is 132 cm³/mol. The molecule has 0 aliphatic rings. The highest BCUT2D eigenvalue weighted by Gasteiger charge is 2.31. The molecule has 0 bridgehead atoms. The Labute approximate surface area is 202 Å². The smallest absolute Gasteiger partial charge is 0.244 e. The maximum absolute atomic E-state index is 13.5. The van der Waals surface area contributed by atoms with Gasteiger partial charge in [0.15, 0.2) is 0 Å². The molecule has 0 aliphatic heterocycles. The first kappa shape index (κ1) is 27.3. The third kappa shape index (κ3) is 7.03. The largest absolute Gasteiger partial charge is 0.352 e. The lowest BCUT2D eigenvalue weighted by Crippen LogP contribution is -2.52. The van der Waals surface area contributed by atoms with E-state index in [9.17, 15) is 22.4 Å². The van der Waals surface area contributed by atoms with Crippen molar-refractivity contribution in [3.63, 3.8) is 0 Å². The van der Waals surface area contributed by atoms with Crippen LogP contribution in [0, 0.1) is 19.7 Å². The zero-order valence-corrected chi connectivity index (χ0v) is 21.4. The first-order valence-electron chi connectivity index (χ1n) is 11.2. The summed E-state index contributed by atoms with van der Waals surface area (Å²) in [6, 6.07) is 9.93. The number of hydrogen-bond donors (Lipinski definition) is 1. The molecule has 2 amide bonds. The second-order valence-corrected chi connectivity index (χ2v) is 10.5. The van der Waals surface area contributed by atoms with Crippen LogP contribution >= 0.6 is 0 Å². The van der Waals surface area contributed by atoms with Gasteiger partial charge in [-0.2, -0.15) is 0 Å². The molecule has 186 valence electrons. The number of benzene rings is 2. The van der Waals surface area contributed by atoms with E-state index in [1.807, 2.05) is 26.8 Å². The summed E-state index contributed by atoms with van der Waals surface area (Å²) in [6.07, 6.45) is 1.77. The molecular formula is C25H34FN3O4S. The number of nitrogens with zero attached hydrogens (tertiary/aromatic N) is 2. The van der Waals surface area contributed by atoms with Gasteiger partial charge in [0.1, 0.15) is 18.4 Å². The van der Waals surface area contributed by atoms with Crippen LogP contribution in [0.25, 0.3) is 0 Å². The fourth-order valence-electron chi connectivity index (χ4n) is 3.44. The van der Waals surface area contributed by atoms with E-state index < -0.39 is 34.3 Å². The van der Waals surface area contributed by atoms with Crippen LogP contribution in [-0.4, -0.2) is 50.0 Å². The zero-order valence-electron chi connectivity index (χ0n) is 20.6. The number of carbonyl (C=O) groups excluding carboxylic acids is 2. The van der Waals surface area contributed by atoms with Crippen molar-refractivity contribution < 1.29 is 22.4 Å². The summed E-state index contributed by atoms with van der Waals surface area (Å²) in [5.41, 5.74) is 2.67. The minimum atomic E-state index is -3.80. The van der Waals surface area contributed by atoms with E-state index >= 15 is 0 Å². The lowest BCUT2D eigenvalue weighted by atomic mass is 10.1. The Morgan fingerprint density at radius 3 is 2.24 bits per heavy atom. The van der Waals surface area contributed by atoms with Gasteiger partial charge in [0.25, 0.3) is 0 Å². The lowest BCUT2D eigenvalue weighted by Gasteiger charge is -2.32. The number of halogens is 1. The molecule has 0 aromatic heterocycles. The first-order chi connectivity index (χ1) is 15.8. The Bertz CT molecular complexity index is 1120. The van der Waals surface area contributed by atoms with Gasteiger partial charge >= 0.3 is 0 Å².